The van der Waals surface area contributed by atoms with Gasteiger partial charge in [-0.1, -0.05) is 19.1 Å². The summed E-state index contributed by atoms with van der Waals surface area (Å²) in [7, 11) is 0. The lowest BCUT2D eigenvalue weighted by atomic mass is 10.1. The predicted molar refractivity (Wildman–Crippen MR) is 84.9 cm³/mol. The second kappa shape index (κ2) is 6.47. The molecule has 3 N–H and O–H groups in total. The molecule has 1 aliphatic heterocycles. The van der Waals surface area contributed by atoms with Crippen LogP contribution in [0.2, 0.25) is 0 Å². The van der Waals surface area contributed by atoms with E-state index in [1.807, 2.05) is 35.6 Å². The maximum absolute atomic E-state index is 6.03. The normalized spacial score (nSPS) is 18.5. The summed E-state index contributed by atoms with van der Waals surface area (Å²) >= 11 is 1.83. The quantitative estimate of drug-likeness (QED) is 0.658. The van der Waals surface area contributed by atoms with Gasteiger partial charge in [-0.3, -0.25) is 11.3 Å². The van der Waals surface area contributed by atoms with Crippen molar-refractivity contribution in [2.45, 2.75) is 31.9 Å². The molecular formula is C16H20N2O2S. The van der Waals surface area contributed by atoms with Crippen molar-refractivity contribution in [1.29, 1.82) is 0 Å². The van der Waals surface area contributed by atoms with E-state index in [0.717, 1.165) is 24.3 Å². The molecule has 1 aliphatic rings. The van der Waals surface area contributed by atoms with Gasteiger partial charge in [-0.05, 0) is 30.7 Å². The van der Waals surface area contributed by atoms with Gasteiger partial charge in [0.15, 0.2) is 11.5 Å². The molecule has 1 aromatic carbocycles. The number of para-hydroxylation sites is 2. The Hall–Kier alpha value is -1.56. The number of benzene rings is 1. The van der Waals surface area contributed by atoms with Crippen molar-refractivity contribution < 1.29 is 9.47 Å². The van der Waals surface area contributed by atoms with Crippen molar-refractivity contribution in [3.8, 4) is 11.5 Å². The van der Waals surface area contributed by atoms with Gasteiger partial charge in [0.05, 0.1) is 6.04 Å². The van der Waals surface area contributed by atoms with E-state index in [9.17, 15) is 0 Å². The molecule has 0 spiro atoms. The number of thiophene rings is 1. The molecule has 2 heterocycles. The number of ether oxygens (including phenoxy) is 2. The van der Waals surface area contributed by atoms with Crippen molar-refractivity contribution in [1.82, 2.24) is 5.43 Å². The standard InChI is InChI=1S/C16H20N2O2S/c1-2-11-7-8-12(21-11)9-13(18-17)16-10-19-14-5-3-4-6-15(14)20-16/h3-8,13,16,18H,2,9-10,17H2,1H3. The first kappa shape index (κ1) is 14.4. The fourth-order valence-corrected chi connectivity index (χ4v) is 3.49. The molecule has 2 aromatic rings. The average molecular weight is 304 g/mol. The van der Waals surface area contributed by atoms with Gasteiger partial charge in [0.25, 0.3) is 0 Å². The van der Waals surface area contributed by atoms with E-state index in [1.165, 1.54) is 9.75 Å². The zero-order chi connectivity index (χ0) is 14.7. The zero-order valence-electron chi connectivity index (χ0n) is 12.0. The van der Waals surface area contributed by atoms with E-state index in [-0.39, 0.29) is 12.1 Å². The molecule has 0 saturated heterocycles. The Morgan fingerprint density at radius 2 is 2.00 bits per heavy atom. The Labute approximate surface area is 128 Å². The Morgan fingerprint density at radius 1 is 1.24 bits per heavy atom. The van der Waals surface area contributed by atoms with Crippen LogP contribution in [0.25, 0.3) is 0 Å². The number of hydrogen-bond acceptors (Lipinski definition) is 5. The lowest BCUT2D eigenvalue weighted by Gasteiger charge is -2.31. The highest BCUT2D eigenvalue weighted by molar-refractivity contribution is 7.11. The number of fused-ring (bicyclic) bond motifs is 1. The average Bonchev–Trinajstić information content (AvgIpc) is 3.00. The highest BCUT2D eigenvalue weighted by Gasteiger charge is 2.28. The summed E-state index contributed by atoms with van der Waals surface area (Å²) in [5.74, 6) is 7.32. The molecule has 2 unspecified atom stereocenters. The molecule has 112 valence electrons. The Bertz CT molecular complexity index is 599. The molecule has 3 rings (SSSR count). The van der Waals surface area contributed by atoms with Gasteiger partial charge in [0, 0.05) is 16.2 Å². The fraction of sp³-hybridized carbons (Fsp3) is 0.375. The molecule has 1 aromatic heterocycles. The van der Waals surface area contributed by atoms with Gasteiger partial charge in [-0.25, -0.2) is 0 Å². The molecule has 0 radical (unpaired) electrons. The summed E-state index contributed by atoms with van der Waals surface area (Å²) in [6.07, 6.45) is 1.83. The highest BCUT2D eigenvalue weighted by Crippen LogP contribution is 2.32. The van der Waals surface area contributed by atoms with Gasteiger partial charge in [-0.15, -0.1) is 11.3 Å². The largest absolute Gasteiger partial charge is 0.486 e. The van der Waals surface area contributed by atoms with Crippen molar-refractivity contribution in [2.75, 3.05) is 6.61 Å². The number of nitrogens with one attached hydrogen (secondary N) is 1. The Balaban J connectivity index is 1.69. The van der Waals surface area contributed by atoms with Crippen LogP contribution in [0.4, 0.5) is 0 Å². The topological polar surface area (TPSA) is 56.5 Å². The van der Waals surface area contributed by atoms with Crippen molar-refractivity contribution >= 4 is 11.3 Å². The van der Waals surface area contributed by atoms with Gasteiger partial charge < -0.3 is 9.47 Å². The zero-order valence-corrected chi connectivity index (χ0v) is 12.9. The summed E-state index contributed by atoms with van der Waals surface area (Å²) in [5.41, 5.74) is 2.88. The SMILES string of the molecule is CCc1ccc(CC(NN)C2COc3ccccc3O2)s1. The minimum absolute atomic E-state index is 0.0294. The van der Waals surface area contributed by atoms with Crippen LogP contribution in [0.3, 0.4) is 0 Å². The van der Waals surface area contributed by atoms with E-state index in [4.69, 9.17) is 15.3 Å². The lowest BCUT2D eigenvalue weighted by molar-refractivity contribution is 0.0622. The molecule has 0 bridgehead atoms. The van der Waals surface area contributed by atoms with Crippen LogP contribution in [0.5, 0.6) is 11.5 Å². The maximum atomic E-state index is 6.03. The second-order valence-corrected chi connectivity index (χ2v) is 6.37. The number of rotatable bonds is 5. The molecule has 5 heteroatoms. The number of hydrazine groups is 1. The smallest absolute Gasteiger partial charge is 0.161 e. The monoisotopic (exact) mass is 304 g/mol. The number of hydrogen-bond donors (Lipinski definition) is 2. The lowest BCUT2D eigenvalue weighted by Crippen LogP contribution is -2.51. The first-order valence-corrected chi connectivity index (χ1v) is 8.04. The van der Waals surface area contributed by atoms with Gasteiger partial charge in [-0.2, -0.15) is 0 Å². The predicted octanol–water partition coefficient (Wildman–Crippen LogP) is 2.52. The van der Waals surface area contributed by atoms with E-state index < -0.39 is 0 Å². The first-order valence-electron chi connectivity index (χ1n) is 7.22. The van der Waals surface area contributed by atoms with Crippen LogP contribution in [-0.4, -0.2) is 18.8 Å². The van der Waals surface area contributed by atoms with Gasteiger partial charge in [0.2, 0.25) is 0 Å². The molecule has 0 saturated carbocycles. The third kappa shape index (κ3) is 3.20. The van der Waals surface area contributed by atoms with Gasteiger partial charge >= 0.3 is 0 Å². The van der Waals surface area contributed by atoms with Crippen molar-refractivity contribution in [3.63, 3.8) is 0 Å². The van der Waals surface area contributed by atoms with E-state index in [2.05, 4.69) is 24.5 Å². The minimum atomic E-state index is -0.0860. The van der Waals surface area contributed by atoms with Crippen molar-refractivity contribution in [3.05, 3.63) is 46.2 Å². The number of nitrogens with two attached hydrogens (primary N) is 1. The summed E-state index contributed by atoms with van der Waals surface area (Å²) in [6.45, 7) is 2.68. The molecule has 4 nitrogen and oxygen atoms in total. The van der Waals surface area contributed by atoms with E-state index in [1.54, 1.807) is 0 Å². The van der Waals surface area contributed by atoms with E-state index >= 15 is 0 Å². The minimum Gasteiger partial charge on any atom is -0.486 e. The summed E-state index contributed by atoms with van der Waals surface area (Å²) in [5, 5.41) is 0. The van der Waals surface area contributed by atoms with Crippen LogP contribution in [0.15, 0.2) is 36.4 Å². The Kier molecular flexibility index (Phi) is 4.43. The molecular weight excluding hydrogens is 284 g/mol. The molecule has 0 amide bonds. The summed E-state index contributed by atoms with van der Waals surface area (Å²) in [4.78, 5) is 2.71. The van der Waals surface area contributed by atoms with Crippen LogP contribution < -0.4 is 20.7 Å². The summed E-state index contributed by atoms with van der Waals surface area (Å²) in [6, 6.07) is 12.1. The van der Waals surface area contributed by atoms with Crippen LogP contribution in [-0.2, 0) is 12.8 Å². The van der Waals surface area contributed by atoms with E-state index in [0.29, 0.717) is 6.61 Å². The van der Waals surface area contributed by atoms with Crippen LogP contribution in [0, 0.1) is 0 Å². The number of aryl methyl sites for hydroxylation is 1. The Morgan fingerprint density at radius 3 is 2.71 bits per heavy atom. The third-order valence-corrected chi connectivity index (χ3v) is 4.93. The summed E-state index contributed by atoms with van der Waals surface area (Å²) < 4.78 is 11.8. The third-order valence-electron chi connectivity index (χ3n) is 3.68. The molecule has 0 aliphatic carbocycles. The molecule has 2 atom stereocenters. The second-order valence-electron chi connectivity index (χ2n) is 5.11. The fourth-order valence-electron chi connectivity index (χ4n) is 2.47. The first-order chi connectivity index (χ1) is 10.3. The molecule has 21 heavy (non-hydrogen) atoms. The van der Waals surface area contributed by atoms with Crippen LogP contribution >= 0.6 is 11.3 Å². The van der Waals surface area contributed by atoms with Crippen LogP contribution in [0.1, 0.15) is 16.7 Å². The maximum Gasteiger partial charge on any atom is 0.161 e. The molecule has 0 fully saturated rings. The van der Waals surface area contributed by atoms with Gasteiger partial charge in [0.1, 0.15) is 12.7 Å². The van der Waals surface area contributed by atoms with Crippen molar-refractivity contribution in [2.24, 2.45) is 5.84 Å². The highest BCUT2D eigenvalue weighted by atomic mass is 32.1.